The molecule has 1 N–H and O–H groups in total. The van der Waals surface area contributed by atoms with Gasteiger partial charge in [-0.3, -0.25) is 9.78 Å². The van der Waals surface area contributed by atoms with Crippen molar-refractivity contribution in [3.05, 3.63) is 24.5 Å². The molecule has 2 aliphatic rings. The molecule has 1 aliphatic carbocycles. The summed E-state index contributed by atoms with van der Waals surface area (Å²) >= 11 is 0. The molecule has 1 aliphatic heterocycles. The summed E-state index contributed by atoms with van der Waals surface area (Å²) in [6.07, 6.45) is 5.02. The molecule has 1 aromatic heterocycles. The number of fused-ring (bicyclic) bond motifs is 1. The summed E-state index contributed by atoms with van der Waals surface area (Å²) in [6.45, 7) is 0.369. The Hall–Kier alpha value is -1.47. The zero-order valence-corrected chi connectivity index (χ0v) is 11.7. The van der Waals surface area contributed by atoms with Gasteiger partial charge in [-0.1, -0.05) is 6.42 Å². The molecule has 2 fully saturated rings. The van der Waals surface area contributed by atoms with Gasteiger partial charge < -0.3 is 5.11 Å². The maximum atomic E-state index is 12.5. The number of hydrogen-bond donors (Lipinski definition) is 1. The van der Waals surface area contributed by atoms with E-state index in [2.05, 4.69) is 4.98 Å². The maximum Gasteiger partial charge on any atom is 0.311 e. The van der Waals surface area contributed by atoms with Gasteiger partial charge in [0.05, 0.1) is 5.41 Å². The van der Waals surface area contributed by atoms with Gasteiger partial charge in [-0.15, -0.1) is 0 Å². The van der Waals surface area contributed by atoms with Crippen LogP contribution in [0.25, 0.3) is 0 Å². The number of pyridine rings is 1. The van der Waals surface area contributed by atoms with Gasteiger partial charge in [0.2, 0.25) is 10.0 Å². The van der Waals surface area contributed by atoms with Crippen LogP contribution in [-0.4, -0.2) is 41.9 Å². The van der Waals surface area contributed by atoms with Crippen molar-refractivity contribution in [2.24, 2.45) is 11.3 Å². The quantitative estimate of drug-likeness (QED) is 0.897. The summed E-state index contributed by atoms with van der Waals surface area (Å²) in [4.78, 5) is 15.5. The molecule has 1 saturated heterocycles. The molecule has 20 heavy (non-hydrogen) atoms. The molecular weight excluding hydrogens is 280 g/mol. The largest absolute Gasteiger partial charge is 0.481 e. The van der Waals surface area contributed by atoms with Crippen LogP contribution in [-0.2, 0) is 14.8 Å². The third-order valence-electron chi connectivity index (χ3n) is 4.54. The Balaban J connectivity index is 1.93. The lowest BCUT2D eigenvalue weighted by atomic mass is 9.81. The number of carboxylic acid groups (broad SMARTS) is 1. The van der Waals surface area contributed by atoms with Gasteiger partial charge >= 0.3 is 5.97 Å². The van der Waals surface area contributed by atoms with Crippen LogP contribution in [0, 0.1) is 11.3 Å². The first-order valence-corrected chi connectivity index (χ1v) is 8.04. The first-order valence-electron chi connectivity index (χ1n) is 6.60. The lowest BCUT2D eigenvalue weighted by molar-refractivity contribution is -0.149. The number of sulfonamides is 1. The number of carbonyl (C=O) groups is 1. The molecule has 6 nitrogen and oxygen atoms in total. The second kappa shape index (κ2) is 4.53. The summed E-state index contributed by atoms with van der Waals surface area (Å²) in [5.41, 5.74) is -0.894. The minimum atomic E-state index is -3.64. The van der Waals surface area contributed by atoms with E-state index in [9.17, 15) is 18.3 Å². The highest BCUT2D eigenvalue weighted by Gasteiger charge is 2.57. The van der Waals surface area contributed by atoms with E-state index < -0.39 is 21.4 Å². The van der Waals surface area contributed by atoms with E-state index >= 15 is 0 Å². The topological polar surface area (TPSA) is 87.6 Å². The number of nitrogens with zero attached hydrogens (tertiary/aromatic N) is 2. The summed E-state index contributed by atoms with van der Waals surface area (Å²) in [7, 11) is -3.64. The number of rotatable bonds is 3. The molecule has 0 radical (unpaired) electrons. The molecule has 2 atom stereocenters. The standard InChI is InChI=1S/C13H16N2O4S/c16-12(17)13-5-1-3-10(13)8-15(9-13)20(18,19)11-4-2-6-14-7-11/h2,4,6-7,10H,1,3,5,8-9H2,(H,16,17)/t10-,13+/m0/s1. The fraction of sp³-hybridized carbons (Fsp3) is 0.538. The summed E-state index contributed by atoms with van der Waals surface area (Å²) in [5, 5.41) is 9.49. The Bertz CT molecular complexity index is 631. The van der Waals surface area contributed by atoms with Crippen LogP contribution in [0.3, 0.4) is 0 Å². The van der Waals surface area contributed by atoms with Crippen LogP contribution in [0.1, 0.15) is 19.3 Å². The molecule has 0 aromatic carbocycles. The van der Waals surface area contributed by atoms with Crippen LogP contribution < -0.4 is 0 Å². The van der Waals surface area contributed by atoms with Crippen LogP contribution in [0.4, 0.5) is 0 Å². The van der Waals surface area contributed by atoms with Crippen molar-refractivity contribution >= 4 is 16.0 Å². The van der Waals surface area contributed by atoms with Gasteiger partial charge in [0.15, 0.2) is 0 Å². The van der Waals surface area contributed by atoms with Crippen LogP contribution in [0.2, 0.25) is 0 Å². The van der Waals surface area contributed by atoms with Crippen molar-refractivity contribution in [2.75, 3.05) is 13.1 Å². The smallest absolute Gasteiger partial charge is 0.311 e. The molecule has 0 amide bonds. The number of hydrogen-bond acceptors (Lipinski definition) is 4. The van der Waals surface area contributed by atoms with Gasteiger partial charge in [0, 0.05) is 25.5 Å². The Labute approximate surface area is 117 Å². The second-order valence-corrected chi connectivity index (χ2v) is 7.47. The normalized spacial score (nSPS) is 30.3. The Kier molecular flexibility index (Phi) is 3.06. The highest BCUT2D eigenvalue weighted by molar-refractivity contribution is 7.89. The minimum absolute atomic E-state index is 0.0736. The van der Waals surface area contributed by atoms with E-state index in [0.717, 1.165) is 12.8 Å². The van der Waals surface area contributed by atoms with Gasteiger partial charge in [-0.2, -0.15) is 4.31 Å². The molecule has 2 heterocycles. The van der Waals surface area contributed by atoms with E-state index in [1.54, 1.807) is 6.07 Å². The van der Waals surface area contributed by atoms with Crippen molar-refractivity contribution in [3.63, 3.8) is 0 Å². The second-order valence-electron chi connectivity index (χ2n) is 5.54. The van der Waals surface area contributed by atoms with E-state index in [4.69, 9.17) is 0 Å². The fourth-order valence-electron chi connectivity index (χ4n) is 3.42. The van der Waals surface area contributed by atoms with Gasteiger partial charge in [-0.05, 0) is 30.9 Å². The third kappa shape index (κ3) is 1.84. The lowest BCUT2D eigenvalue weighted by Crippen LogP contribution is -2.37. The van der Waals surface area contributed by atoms with Crippen molar-refractivity contribution in [1.82, 2.24) is 9.29 Å². The molecule has 3 rings (SSSR count). The first-order chi connectivity index (χ1) is 9.47. The minimum Gasteiger partial charge on any atom is -0.481 e. The monoisotopic (exact) mass is 296 g/mol. The zero-order chi connectivity index (χ0) is 14.4. The van der Waals surface area contributed by atoms with E-state index in [1.165, 1.54) is 22.8 Å². The predicted octanol–water partition coefficient (Wildman–Crippen LogP) is 0.957. The van der Waals surface area contributed by atoms with Crippen LogP contribution in [0.5, 0.6) is 0 Å². The number of aliphatic carboxylic acids is 1. The summed E-state index contributed by atoms with van der Waals surface area (Å²) < 4.78 is 26.4. The third-order valence-corrected chi connectivity index (χ3v) is 6.33. The van der Waals surface area contributed by atoms with Crippen LogP contribution >= 0.6 is 0 Å². The Morgan fingerprint density at radius 1 is 1.50 bits per heavy atom. The zero-order valence-electron chi connectivity index (χ0n) is 10.9. The van der Waals surface area contributed by atoms with E-state index in [-0.39, 0.29) is 17.4 Å². The maximum absolute atomic E-state index is 12.5. The SMILES string of the molecule is O=C(O)[C@@]12CCC[C@H]1CN(S(=O)(=O)c1cccnc1)C2. The first kappa shape index (κ1) is 13.5. The Morgan fingerprint density at radius 2 is 2.30 bits per heavy atom. The molecule has 1 saturated carbocycles. The molecule has 7 heteroatoms. The van der Waals surface area contributed by atoms with Crippen molar-refractivity contribution in [2.45, 2.75) is 24.2 Å². The average molecular weight is 296 g/mol. The molecule has 0 spiro atoms. The average Bonchev–Trinajstić information content (AvgIpc) is 2.97. The lowest BCUT2D eigenvalue weighted by Gasteiger charge is -2.23. The van der Waals surface area contributed by atoms with E-state index in [1.807, 2.05) is 0 Å². The van der Waals surface area contributed by atoms with Crippen LogP contribution in [0.15, 0.2) is 29.4 Å². The molecule has 1 aromatic rings. The molecule has 0 unspecified atom stereocenters. The highest BCUT2D eigenvalue weighted by Crippen LogP contribution is 2.49. The highest BCUT2D eigenvalue weighted by atomic mass is 32.2. The van der Waals surface area contributed by atoms with Crippen molar-refractivity contribution < 1.29 is 18.3 Å². The van der Waals surface area contributed by atoms with E-state index in [0.29, 0.717) is 13.0 Å². The molecule has 108 valence electrons. The fourth-order valence-corrected chi connectivity index (χ4v) is 4.94. The van der Waals surface area contributed by atoms with Gasteiger partial charge in [0.25, 0.3) is 0 Å². The summed E-state index contributed by atoms with van der Waals surface area (Å²) in [6, 6.07) is 3.06. The Morgan fingerprint density at radius 3 is 2.90 bits per heavy atom. The molecule has 0 bridgehead atoms. The van der Waals surface area contributed by atoms with Crippen molar-refractivity contribution in [1.29, 1.82) is 0 Å². The number of aromatic nitrogens is 1. The number of carboxylic acids is 1. The molecular formula is C13H16N2O4S. The van der Waals surface area contributed by atoms with Gasteiger partial charge in [-0.25, -0.2) is 8.42 Å². The van der Waals surface area contributed by atoms with Gasteiger partial charge in [0.1, 0.15) is 4.90 Å². The summed E-state index contributed by atoms with van der Waals surface area (Å²) in [5.74, 6) is -0.949. The predicted molar refractivity (Wildman–Crippen MR) is 70.4 cm³/mol. The van der Waals surface area contributed by atoms with Crippen molar-refractivity contribution in [3.8, 4) is 0 Å².